The van der Waals surface area contributed by atoms with Crippen LogP contribution < -0.4 is 0 Å². The van der Waals surface area contributed by atoms with Gasteiger partial charge in [-0.25, -0.2) is 0 Å². The highest BCUT2D eigenvalue weighted by Gasteiger charge is 2.53. The van der Waals surface area contributed by atoms with Gasteiger partial charge in [-0.05, 0) is 147 Å². The van der Waals surface area contributed by atoms with Gasteiger partial charge in [0.1, 0.15) is 0 Å². The largest absolute Gasteiger partial charge is 0.0620 e. The van der Waals surface area contributed by atoms with Crippen molar-refractivity contribution >= 4 is 0 Å². The van der Waals surface area contributed by atoms with Crippen LogP contribution in [0.1, 0.15) is 137 Å². The van der Waals surface area contributed by atoms with Crippen molar-refractivity contribution in [3.8, 4) is 0 Å². The molecule has 0 nitrogen and oxygen atoms in total. The van der Waals surface area contributed by atoms with Crippen LogP contribution in [-0.2, 0) is 0 Å². The van der Waals surface area contributed by atoms with Gasteiger partial charge in [-0.15, -0.1) is 0 Å². The van der Waals surface area contributed by atoms with Gasteiger partial charge in [-0.2, -0.15) is 0 Å². The van der Waals surface area contributed by atoms with Crippen molar-refractivity contribution in [3.63, 3.8) is 0 Å². The maximum Gasteiger partial charge on any atom is -0.0349 e. The fraction of sp³-hybridized carbons (Fsp3) is 1.00. The van der Waals surface area contributed by atoms with Crippen molar-refractivity contribution in [2.45, 2.75) is 137 Å². The van der Waals surface area contributed by atoms with Gasteiger partial charge >= 0.3 is 0 Å². The molecule has 10 saturated carbocycles. The molecule has 0 aromatic rings. The van der Waals surface area contributed by atoms with Crippen LogP contribution in [0.5, 0.6) is 0 Å². The summed E-state index contributed by atoms with van der Waals surface area (Å²) in [5.41, 5.74) is 0.716. The maximum absolute atomic E-state index is 2.42. The minimum atomic E-state index is 0.716. The molecule has 200 valence electrons. The van der Waals surface area contributed by atoms with Crippen LogP contribution in [0.3, 0.4) is 0 Å². The van der Waals surface area contributed by atoms with Gasteiger partial charge in [0.05, 0.1) is 0 Å². The molecule has 10 unspecified atom stereocenters. The lowest BCUT2D eigenvalue weighted by Gasteiger charge is -2.17. The van der Waals surface area contributed by atoms with E-state index in [0.717, 1.165) is 29.6 Å². The summed E-state index contributed by atoms with van der Waals surface area (Å²) in [4.78, 5) is 0. The van der Waals surface area contributed by atoms with Crippen molar-refractivity contribution < 1.29 is 0 Å². The van der Waals surface area contributed by atoms with E-state index in [1.165, 1.54) is 85.9 Å². The van der Waals surface area contributed by atoms with Crippen molar-refractivity contribution in [2.75, 3.05) is 0 Å². The molecule has 0 aromatic heterocycles. The highest BCUT2D eigenvalue weighted by molar-refractivity contribution is 5.02. The van der Waals surface area contributed by atoms with E-state index >= 15 is 0 Å². The maximum atomic E-state index is 2.42. The van der Waals surface area contributed by atoms with Crippen LogP contribution in [0.2, 0.25) is 0 Å². The molecule has 35 heavy (non-hydrogen) atoms. The molecule has 0 heteroatoms. The van der Waals surface area contributed by atoms with E-state index in [-0.39, 0.29) is 0 Å². The number of fused-ring (bicyclic) bond motifs is 5. The number of hydrogen-bond donors (Lipinski definition) is 0. The lowest BCUT2D eigenvalue weighted by molar-refractivity contribution is 0.338. The summed E-state index contributed by atoms with van der Waals surface area (Å²) in [5, 5.41) is 0. The molecule has 0 amide bonds. The van der Waals surface area contributed by atoms with E-state index in [4.69, 9.17) is 0 Å². The minimum Gasteiger partial charge on any atom is -0.0620 e. The topological polar surface area (TPSA) is 0 Å². The Kier molecular flexibility index (Phi) is 7.19. The molecule has 10 rings (SSSR count). The van der Waals surface area contributed by atoms with Crippen molar-refractivity contribution in [2.24, 2.45) is 82.3 Å². The Bertz CT molecular complexity index is 655. The lowest BCUT2D eigenvalue weighted by atomic mass is 9.88. The molecule has 10 atom stereocenters. The second kappa shape index (κ2) is 9.95. The SMILES string of the molecule is C1CC2CC2C1.CC1(C)CC2CC2C1.CC1C2CCC12.CC1C2CCCC12.CC1C2CCCCC12. The van der Waals surface area contributed by atoms with Gasteiger partial charge in [0.15, 0.2) is 0 Å². The Hall–Kier alpha value is 0. The molecule has 0 N–H and O–H groups in total. The molecule has 0 spiro atoms. The molecule has 0 aromatic carbocycles. The van der Waals surface area contributed by atoms with E-state index in [1.807, 2.05) is 0 Å². The Morgan fingerprint density at radius 2 is 0.743 bits per heavy atom. The van der Waals surface area contributed by atoms with Crippen LogP contribution >= 0.6 is 0 Å². The van der Waals surface area contributed by atoms with E-state index in [2.05, 4.69) is 34.6 Å². The molecule has 0 bridgehead atoms. The van der Waals surface area contributed by atoms with Gasteiger partial charge in [0.25, 0.3) is 0 Å². The molecule has 0 heterocycles. The highest BCUT2D eigenvalue weighted by atomic mass is 14.6. The Morgan fingerprint density at radius 1 is 0.400 bits per heavy atom. The van der Waals surface area contributed by atoms with Crippen LogP contribution in [0.25, 0.3) is 0 Å². The molecular formula is C35H60. The fourth-order valence-electron chi connectivity index (χ4n) is 10.2. The van der Waals surface area contributed by atoms with E-state index in [1.54, 1.807) is 64.2 Å². The average Bonchev–Trinajstić information content (AvgIpc) is 3.80. The summed E-state index contributed by atoms with van der Waals surface area (Å²) < 4.78 is 0. The first-order valence-electron chi connectivity index (χ1n) is 16.8. The zero-order valence-corrected chi connectivity index (χ0v) is 24.3. The summed E-state index contributed by atoms with van der Waals surface area (Å²) in [7, 11) is 0. The molecule has 10 aliphatic carbocycles. The summed E-state index contributed by atoms with van der Waals surface area (Å²) in [6.45, 7) is 12.0. The second-order valence-electron chi connectivity index (χ2n) is 16.4. The third-order valence-electron chi connectivity index (χ3n) is 13.4. The van der Waals surface area contributed by atoms with Crippen molar-refractivity contribution in [1.29, 1.82) is 0 Å². The molecule has 10 fully saturated rings. The molecule has 0 radical (unpaired) electrons. The Balaban J connectivity index is 0.0000000820. The first-order valence-corrected chi connectivity index (χ1v) is 16.8. The third kappa shape index (κ3) is 6.03. The van der Waals surface area contributed by atoms with Crippen LogP contribution in [0.4, 0.5) is 0 Å². The number of hydrogen-bond acceptors (Lipinski definition) is 0. The molecule has 0 aliphatic heterocycles. The first kappa shape index (κ1) is 25.3. The van der Waals surface area contributed by atoms with Crippen LogP contribution in [0.15, 0.2) is 0 Å². The summed E-state index contributed by atoms with van der Waals surface area (Å²) in [6.07, 6.45) is 24.7. The van der Waals surface area contributed by atoms with E-state index in [0.29, 0.717) is 5.41 Å². The van der Waals surface area contributed by atoms with Gasteiger partial charge in [0.2, 0.25) is 0 Å². The fourth-order valence-corrected chi connectivity index (χ4v) is 10.2. The Morgan fingerprint density at radius 3 is 0.971 bits per heavy atom. The van der Waals surface area contributed by atoms with Gasteiger partial charge in [-0.3, -0.25) is 0 Å². The Labute approximate surface area is 219 Å². The smallest absolute Gasteiger partial charge is 0.0349 e. The molecule has 0 saturated heterocycles. The third-order valence-corrected chi connectivity index (χ3v) is 13.4. The predicted octanol–water partition coefficient (Wildman–Crippen LogP) is 10.4. The summed E-state index contributed by atoms with van der Waals surface area (Å²) in [6, 6.07) is 0. The standard InChI is InChI=1S/2C8H14.C7H12.2C6H10/c1-8(2)4-6-3-7(6)5-8;1-6-7-4-2-3-5-8(6)7;1-5-6-3-2-4-7(5)6;1-4-5-2-3-6(4)5;1-2-5-4-6(5)3-1/h6-7H,3-5H2,1-2H3;6-8H,2-5H2,1H3;5-7H,2-4H2,1H3;4-6H,2-3H2,1H3;5-6H,1-4H2. The summed E-state index contributed by atoms with van der Waals surface area (Å²) >= 11 is 0. The van der Waals surface area contributed by atoms with E-state index < -0.39 is 0 Å². The van der Waals surface area contributed by atoms with Gasteiger partial charge in [0, 0.05) is 0 Å². The van der Waals surface area contributed by atoms with Crippen LogP contribution in [-0.4, -0.2) is 0 Å². The van der Waals surface area contributed by atoms with Crippen molar-refractivity contribution in [3.05, 3.63) is 0 Å². The zero-order chi connectivity index (χ0) is 24.3. The first-order chi connectivity index (χ1) is 16.8. The van der Waals surface area contributed by atoms with Crippen LogP contribution in [0, 0.1) is 82.3 Å². The van der Waals surface area contributed by atoms with Gasteiger partial charge in [-0.1, -0.05) is 73.1 Å². The quantitative estimate of drug-likeness (QED) is 0.323. The molecule has 10 aliphatic rings. The minimum absolute atomic E-state index is 0.716. The molecular weight excluding hydrogens is 420 g/mol. The second-order valence-corrected chi connectivity index (χ2v) is 16.4. The average molecular weight is 481 g/mol. The highest BCUT2D eigenvalue weighted by Crippen LogP contribution is 2.61. The zero-order valence-electron chi connectivity index (χ0n) is 24.3. The van der Waals surface area contributed by atoms with Gasteiger partial charge < -0.3 is 0 Å². The normalized spacial score (nSPS) is 54.3. The summed E-state index contributed by atoms with van der Waals surface area (Å²) in [5.74, 6) is 15.2. The lowest BCUT2D eigenvalue weighted by Crippen LogP contribution is -2.06. The van der Waals surface area contributed by atoms with E-state index in [9.17, 15) is 0 Å². The monoisotopic (exact) mass is 480 g/mol. The van der Waals surface area contributed by atoms with Crippen molar-refractivity contribution in [1.82, 2.24) is 0 Å². The number of rotatable bonds is 0. The predicted molar refractivity (Wildman–Crippen MR) is 150 cm³/mol.